The molecule has 132 valence electrons. The highest BCUT2D eigenvalue weighted by Gasteiger charge is 2.22. The maximum absolute atomic E-state index is 12.4. The number of nitro benzene ring substituents is 1. The Morgan fingerprint density at radius 2 is 2.08 bits per heavy atom. The summed E-state index contributed by atoms with van der Waals surface area (Å²) in [6.45, 7) is 6.19. The number of nitro groups is 1. The molecule has 1 aromatic carbocycles. The zero-order valence-electron chi connectivity index (χ0n) is 14.4. The van der Waals surface area contributed by atoms with Crippen LogP contribution in [0.5, 0.6) is 5.75 Å². The normalized spacial score (nSPS) is 16.2. The predicted molar refractivity (Wildman–Crippen MR) is 91.4 cm³/mol. The second-order valence-corrected chi connectivity index (χ2v) is 6.70. The van der Waals surface area contributed by atoms with E-state index in [0.717, 1.165) is 25.9 Å². The molecule has 24 heavy (non-hydrogen) atoms. The third kappa shape index (κ3) is 4.92. The molecule has 7 nitrogen and oxygen atoms in total. The number of carbonyl (C=O) groups is 1. The van der Waals surface area contributed by atoms with Gasteiger partial charge in [-0.2, -0.15) is 0 Å². The van der Waals surface area contributed by atoms with Crippen molar-refractivity contribution in [2.75, 3.05) is 26.7 Å². The molecule has 0 aromatic heterocycles. The lowest BCUT2D eigenvalue weighted by atomic mass is 10.0. The van der Waals surface area contributed by atoms with E-state index in [1.807, 2.05) is 13.8 Å². The van der Waals surface area contributed by atoms with Crippen molar-refractivity contribution >= 4 is 11.6 Å². The van der Waals surface area contributed by atoms with Crippen LogP contribution in [0.3, 0.4) is 0 Å². The van der Waals surface area contributed by atoms with Crippen LogP contribution in [-0.2, 0) is 0 Å². The quantitative estimate of drug-likeness (QED) is 0.637. The number of ether oxygens (including phenoxy) is 1. The van der Waals surface area contributed by atoms with Crippen LogP contribution in [0, 0.1) is 16.0 Å². The summed E-state index contributed by atoms with van der Waals surface area (Å²) in [4.78, 5) is 25.3. The molecule has 1 amide bonds. The molecule has 1 aromatic rings. The van der Waals surface area contributed by atoms with Gasteiger partial charge in [-0.3, -0.25) is 14.9 Å². The Kier molecular flexibility index (Phi) is 6.14. The average molecular weight is 335 g/mol. The van der Waals surface area contributed by atoms with Gasteiger partial charge in [-0.05, 0) is 45.0 Å². The van der Waals surface area contributed by atoms with Crippen LogP contribution < -0.4 is 10.1 Å². The minimum absolute atomic E-state index is 0.119. The second-order valence-electron chi connectivity index (χ2n) is 6.70. The van der Waals surface area contributed by atoms with Crippen molar-refractivity contribution in [2.45, 2.75) is 32.7 Å². The summed E-state index contributed by atoms with van der Waals surface area (Å²) in [5, 5.41) is 14.1. The summed E-state index contributed by atoms with van der Waals surface area (Å²) in [5.41, 5.74) is 0.268. The van der Waals surface area contributed by atoms with Gasteiger partial charge in [-0.25, -0.2) is 0 Å². The molecule has 0 bridgehead atoms. The van der Waals surface area contributed by atoms with Crippen molar-refractivity contribution in [1.29, 1.82) is 0 Å². The SMILES string of the molecule is CC(C)COc1cc(C(=O)NC2CCN(C)CC2)ccc1[N+](=O)[O-]. The number of benzene rings is 1. The van der Waals surface area contributed by atoms with Gasteiger partial charge in [0.25, 0.3) is 5.91 Å². The van der Waals surface area contributed by atoms with Gasteiger partial charge in [0.2, 0.25) is 0 Å². The summed E-state index contributed by atoms with van der Waals surface area (Å²) in [5.74, 6) is 0.167. The molecule has 0 unspecified atom stereocenters. The maximum atomic E-state index is 12.4. The number of nitrogens with one attached hydrogen (secondary N) is 1. The summed E-state index contributed by atoms with van der Waals surface area (Å²) in [6, 6.07) is 4.42. The predicted octanol–water partition coefficient (Wildman–Crippen LogP) is 2.45. The van der Waals surface area contributed by atoms with Gasteiger partial charge in [-0.15, -0.1) is 0 Å². The molecule has 1 heterocycles. The van der Waals surface area contributed by atoms with Crippen molar-refractivity contribution in [2.24, 2.45) is 5.92 Å². The highest BCUT2D eigenvalue weighted by molar-refractivity contribution is 5.95. The number of piperidine rings is 1. The van der Waals surface area contributed by atoms with Crippen LogP contribution in [-0.4, -0.2) is 48.5 Å². The van der Waals surface area contributed by atoms with Crippen molar-refractivity contribution in [3.05, 3.63) is 33.9 Å². The number of hydrogen-bond donors (Lipinski definition) is 1. The molecule has 1 N–H and O–H groups in total. The fraction of sp³-hybridized carbons (Fsp3) is 0.588. The van der Waals surface area contributed by atoms with Crippen LogP contribution in [0.25, 0.3) is 0 Å². The molecule has 2 rings (SSSR count). The molecular weight excluding hydrogens is 310 g/mol. The molecule has 1 aliphatic rings. The molecule has 0 spiro atoms. The van der Waals surface area contributed by atoms with Crippen LogP contribution in [0.4, 0.5) is 5.69 Å². The van der Waals surface area contributed by atoms with Crippen LogP contribution >= 0.6 is 0 Å². The first-order valence-electron chi connectivity index (χ1n) is 8.27. The average Bonchev–Trinajstić information content (AvgIpc) is 2.54. The fourth-order valence-electron chi connectivity index (χ4n) is 2.60. The lowest BCUT2D eigenvalue weighted by molar-refractivity contribution is -0.385. The topological polar surface area (TPSA) is 84.7 Å². The number of rotatable bonds is 6. The third-order valence-electron chi connectivity index (χ3n) is 4.04. The van der Waals surface area contributed by atoms with Crippen molar-refractivity contribution < 1.29 is 14.5 Å². The molecule has 7 heteroatoms. The summed E-state index contributed by atoms with van der Waals surface area (Å²) in [6.07, 6.45) is 1.82. The first kappa shape index (κ1) is 18.2. The first-order chi connectivity index (χ1) is 11.4. The van der Waals surface area contributed by atoms with Crippen molar-refractivity contribution in [1.82, 2.24) is 10.2 Å². The molecule has 0 atom stereocenters. The van der Waals surface area contributed by atoms with E-state index in [2.05, 4.69) is 17.3 Å². The summed E-state index contributed by atoms with van der Waals surface area (Å²) < 4.78 is 5.53. The van der Waals surface area contributed by atoms with E-state index in [4.69, 9.17) is 4.74 Å². The van der Waals surface area contributed by atoms with Gasteiger partial charge in [0.15, 0.2) is 5.75 Å². The van der Waals surface area contributed by atoms with E-state index in [0.29, 0.717) is 12.2 Å². The Bertz CT molecular complexity index is 595. The Morgan fingerprint density at radius 3 is 2.67 bits per heavy atom. The molecule has 0 saturated carbocycles. The second kappa shape index (κ2) is 8.10. The Balaban J connectivity index is 2.09. The highest BCUT2D eigenvalue weighted by atomic mass is 16.6. The molecular formula is C17H25N3O4. The van der Waals surface area contributed by atoms with Gasteiger partial charge >= 0.3 is 5.69 Å². The van der Waals surface area contributed by atoms with Crippen LogP contribution in [0.1, 0.15) is 37.0 Å². The lowest BCUT2D eigenvalue weighted by Crippen LogP contribution is -2.43. The number of likely N-dealkylation sites (tertiary alicyclic amines) is 1. The minimum Gasteiger partial charge on any atom is -0.487 e. The van der Waals surface area contributed by atoms with E-state index in [1.54, 1.807) is 0 Å². The maximum Gasteiger partial charge on any atom is 0.310 e. The Hall–Kier alpha value is -2.15. The van der Waals surface area contributed by atoms with Crippen molar-refractivity contribution in [3.63, 3.8) is 0 Å². The van der Waals surface area contributed by atoms with Crippen LogP contribution in [0.2, 0.25) is 0 Å². The molecule has 1 aliphatic heterocycles. The number of carbonyl (C=O) groups excluding carboxylic acids is 1. The Morgan fingerprint density at radius 1 is 1.42 bits per heavy atom. The Labute approximate surface area is 142 Å². The molecule has 0 radical (unpaired) electrons. The monoisotopic (exact) mass is 335 g/mol. The molecule has 1 saturated heterocycles. The first-order valence-corrected chi connectivity index (χ1v) is 8.27. The molecule has 0 aliphatic carbocycles. The zero-order valence-corrected chi connectivity index (χ0v) is 14.4. The summed E-state index contributed by atoms with van der Waals surface area (Å²) >= 11 is 0. The standard InChI is InChI=1S/C17H25N3O4/c1-12(2)11-24-16-10-13(4-5-15(16)20(22)23)17(21)18-14-6-8-19(3)9-7-14/h4-5,10,12,14H,6-9,11H2,1-3H3,(H,18,21). The number of amides is 1. The van der Waals surface area contributed by atoms with E-state index in [-0.39, 0.29) is 29.3 Å². The third-order valence-corrected chi connectivity index (χ3v) is 4.04. The van der Waals surface area contributed by atoms with Gasteiger partial charge in [-0.1, -0.05) is 13.8 Å². The number of nitrogens with zero attached hydrogens (tertiary/aromatic N) is 2. The van der Waals surface area contributed by atoms with Gasteiger partial charge in [0, 0.05) is 23.7 Å². The van der Waals surface area contributed by atoms with E-state index in [9.17, 15) is 14.9 Å². The number of hydrogen-bond acceptors (Lipinski definition) is 5. The smallest absolute Gasteiger partial charge is 0.310 e. The van der Waals surface area contributed by atoms with Crippen molar-refractivity contribution in [3.8, 4) is 5.75 Å². The fourth-order valence-corrected chi connectivity index (χ4v) is 2.60. The van der Waals surface area contributed by atoms with Gasteiger partial charge in [0.05, 0.1) is 11.5 Å². The van der Waals surface area contributed by atoms with Crippen LogP contribution in [0.15, 0.2) is 18.2 Å². The molecule has 1 fully saturated rings. The highest BCUT2D eigenvalue weighted by Crippen LogP contribution is 2.28. The van der Waals surface area contributed by atoms with Gasteiger partial charge in [0.1, 0.15) is 0 Å². The van der Waals surface area contributed by atoms with E-state index < -0.39 is 4.92 Å². The minimum atomic E-state index is -0.492. The largest absolute Gasteiger partial charge is 0.487 e. The summed E-state index contributed by atoms with van der Waals surface area (Å²) in [7, 11) is 2.06. The lowest BCUT2D eigenvalue weighted by Gasteiger charge is -2.29. The van der Waals surface area contributed by atoms with E-state index >= 15 is 0 Å². The van der Waals surface area contributed by atoms with E-state index in [1.165, 1.54) is 18.2 Å². The zero-order chi connectivity index (χ0) is 17.7. The van der Waals surface area contributed by atoms with Gasteiger partial charge < -0.3 is 15.0 Å².